The minimum absolute atomic E-state index is 0.0907. The largest absolute Gasteiger partial charge is 0.454 e. The third kappa shape index (κ3) is 1.36. The molecule has 1 aromatic carbocycles. The highest BCUT2D eigenvalue weighted by atomic mass is 16.7. The molecule has 1 saturated heterocycles. The summed E-state index contributed by atoms with van der Waals surface area (Å²) < 4.78 is 15.3. The topological polar surface area (TPSA) is 56.8 Å². The van der Waals surface area contributed by atoms with Crippen molar-refractivity contribution in [1.82, 2.24) is 5.32 Å². The van der Waals surface area contributed by atoms with E-state index in [1.54, 1.807) is 0 Å². The Bertz CT molecular complexity index is 418. The highest BCUT2D eigenvalue weighted by Gasteiger charge is 2.25. The first-order chi connectivity index (χ1) is 7.33. The molecule has 0 aliphatic carbocycles. The predicted octanol–water partition coefficient (Wildman–Crippen LogP) is 1.20. The van der Waals surface area contributed by atoms with Gasteiger partial charge in [0, 0.05) is 0 Å². The van der Waals surface area contributed by atoms with Crippen LogP contribution in [-0.4, -0.2) is 19.5 Å². The number of carbonyl (C=O) groups is 1. The molecule has 0 bridgehead atoms. The monoisotopic (exact) mass is 207 g/mol. The van der Waals surface area contributed by atoms with Crippen molar-refractivity contribution in [3.05, 3.63) is 23.8 Å². The van der Waals surface area contributed by atoms with Gasteiger partial charge < -0.3 is 19.5 Å². The maximum atomic E-state index is 10.9. The predicted molar refractivity (Wildman–Crippen MR) is 49.8 cm³/mol. The van der Waals surface area contributed by atoms with E-state index in [2.05, 4.69) is 5.32 Å². The van der Waals surface area contributed by atoms with Gasteiger partial charge in [-0.3, -0.25) is 0 Å². The smallest absolute Gasteiger partial charge is 0.407 e. The molecule has 1 fully saturated rings. The van der Waals surface area contributed by atoms with Crippen LogP contribution in [0.1, 0.15) is 11.6 Å². The second kappa shape index (κ2) is 3.05. The Balaban J connectivity index is 1.89. The number of ether oxygens (including phenoxy) is 3. The first kappa shape index (κ1) is 8.40. The molecule has 0 spiro atoms. The molecule has 2 heterocycles. The van der Waals surface area contributed by atoms with E-state index in [1.165, 1.54) is 0 Å². The quantitative estimate of drug-likeness (QED) is 0.751. The number of carbonyl (C=O) groups excluding carboxylic acids is 1. The van der Waals surface area contributed by atoms with E-state index in [-0.39, 0.29) is 18.9 Å². The number of rotatable bonds is 1. The van der Waals surface area contributed by atoms with Crippen LogP contribution in [0.5, 0.6) is 11.5 Å². The van der Waals surface area contributed by atoms with Crippen LogP contribution in [0, 0.1) is 0 Å². The number of fused-ring (bicyclic) bond motifs is 1. The number of hydrogen-bond acceptors (Lipinski definition) is 4. The van der Waals surface area contributed by atoms with Crippen LogP contribution >= 0.6 is 0 Å². The zero-order valence-corrected chi connectivity index (χ0v) is 7.86. The number of nitrogens with one attached hydrogen (secondary N) is 1. The molecule has 0 radical (unpaired) electrons. The van der Waals surface area contributed by atoms with Crippen molar-refractivity contribution in [2.45, 2.75) is 6.04 Å². The lowest BCUT2D eigenvalue weighted by molar-refractivity contribution is 0.174. The summed E-state index contributed by atoms with van der Waals surface area (Å²) in [6.07, 6.45) is -0.377. The lowest BCUT2D eigenvalue weighted by Gasteiger charge is -2.07. The second-order valence-electron chi connectivity index (χ2n) is 3.41. The van der Waals surface area contributed by atoms with Gasteiger partial charge in [-0.05, 0) is 17.7 Å². The Hall–Kier alpha value is -1.91. The van der Waals surface area contributed by atoms with Crippen molar-refractivity contribution in [2.75, 3.05) is 13.4 Å². The molecule has 0 saturated carbocycles. The van der Waals surface area contributed by atoms with E-state index in [1.807, 2.05) is 18.2 Å². The first-order valence-corrected chi connectivity index (χ1v) is 4.66. The molecule has 15 heavy (non-hydrogen) atoms. The molecule has 5 heteroatoms. The molecule has 2 aliphatic rings. The van der Waals surface area contributed by atoms with Gasteiger partial charge in [-0.15, -0.1) is 0 Å². The number of hydrogen-bond donors (Lipinski definition) is 1. The first-order valence-electron chi connectivity index (χ1n) is 4.66. The third-order valence-electron chi connectivity index (χ3n) is 2.47. The van der Waals surface area contributed by atoms with E-state index in [0.717, 1.165) is 11.3 Å². The Labute approximate surface area is 85.9 Å². The van der Waals surface area contributed by atoms with Crippen molar-refractivity contribution < 1.29 is 19.0 Å². The highest BCUT2D eigenvalue weighted by Crippen LogP contribution is 2.34. The van der Waals surface area contributed by atoms with Gasteiger partial charge in [0.15, 0.2) is 11.5 Å². The molecule has 5 nitrogen and oxygen atoms in total. The molecule has 1 aromatic rings. The summed E-state index contributed by atoms with van der Waals surface area (Å²) in [7, 11) is 0. The minimum atomic E-state index is -0.377. The summed E-state index contributed by atoms with van der Waals surface area (Å²) in [6.45, 7) is 0.616. The van der Waals surface area contributed by atoms with E-state index < -0.39 is 0 Å². The maximum Gasteiger partial charge on any atom is 0.407 e. The Morgan fingerprint density at radius 3 is 2.87 bits per heavy atom. The highest BCUT2D eigenvalue weighted by molar-refractivity contribution is 5.70. The fraction of sp³-hybridized carbons (Fsp3) is 0.300. The zero-order chi connectivity index (χ0) is 10.3. The molecule has 3 rings (SSSR count). The molecule has 1 atom stereocenters. The van der Waals surface area contributed by atoms with Crippen LogP contribution in [0.3, 0.4) is 0 Å². The average Bonchev–Trinajstić information content (AvgIpc) is 2.84. The van der Waals surface area contributed by atoms with Gasteiger partial charge in [-0.25, -0.2) is 4.79 Å². The average molecular weight is 207 g/mol. The molecule has 78 valence electrons. The van der Waals surface area contributed by atoms with E-state index in [9.17, 15) is 4.79 Å². The van der Waals surface area contributed by atoms with E-state index in [0.29, 0.717) is 12.4 Å². The fourth-order valence-electron chi connectivity index (χ4n) is 1.69. The number of alkyl carbamates (subject to hydrolysis) is 1. The van der Waals surface area contributed by atoms with Crippen molar-refractivity contribution >= 4 is 6.09 Å². The Kier molecular flexibility index (Phi) is 1.71. The SMILES string of the molecule is O=C1NC(c2ccc3c(c2)OCO3)CO1. The zero-order valence-electron chi connectivity index (χ0n) is 7.86. The van der Waals surface area contributed by atoms with Gasteiger partial charge in [0.1, 0.15) is 6.61 Å². The number of cyclic esters (lactones) is 1. The fourth-order valence-corrected chi connectivity index (χ4v) is 1.69. The van der Waals surface area contributed by atoms with Crippen molar-refractivity contribution in [3.8, 4) is 11.5 Å². The minimum Gasteiger partial charge on any atom is -0.454 e. The maximum absolute atomic E-state index is 10.9. The summed E-state index contributed by atoms with van der Waals surface area (Å²) >= 11 is 0. The standard InChI is InChI=1S/C10H9NO4/c12-10-11-7(4-13-10)6-1-2-8-9(3-6)15-5-14-8/h1-3,7H,4-5H2,(H,11,12). The lowest BCUT2D eigenvalue weighted by Crippen LogP contribution is -2.18. The van der Waals surface area contributed by atoms with E-state index in [4.69, 9.17) is 14.2 Å². The van der Waals surface area contributed by atoms with Gasteiger partial charge in [0.2, 0.25) is 6.79 Å². The van der Waals surface area contributed by atoms with Crippen LogP contribution in [0.15, 0.2) is 18.2 Å². The van der Waals surface area contributed by atoms with Crippen molar-refractivity contribution in [1.29, 1.82) is 0 Å². The van der Waals surface area contributed by atoms with Crippen LogP contribution in [0.25, 0.3) is 0 Å². The molecule has 1 unspecified atom stereocenters. The Morgan fingerprint density at radius 1 is 1.20 bits per heavy atom. The van der Waals surface area contributed by atoms with Gasteiger partial charge >= 0.3 is 6.09 Å². The normalized spacial score (nSPS) is 22.4. The van der Waals surface area contributed by atoms with Crippen LogP contribution < -0.4 is 14.8 Å². The summed E-state index contributed by atoms with van der Waals surface area (Å²) in [5.74, 6) is 1.46. The summed E-state index contributed by atoms with van der Waals surface area (Å²) in [5, 5.41) is 2.70. The molecular formula is C10H9NO4. The van der Waals surface area contributed by atoms with Gasteiger partial charge in [0.25, 0.3) is 0 Å². The molecule has 2 aliphatic heterocycles. The van der Waals surface area contributed by atoms with Gasteiger partial charge in [-0.2, -0.15) is 0 Å². The van der Waals surface area contributed by atoms with E-state index >= 15 is 0 Å². The second-order valence-corrected chi connectivity index (χ2v) is 3.41. The molecule has 0 aromatic heterocycles. The number of benzene rings is 1. The van der Waals surface area contributed by atoms with Crippen LogP contribution in [-0.2, 0) is 4.74 Å². The van der Waals surface area contributed by atoms with Crippen LogP contribution in [0.2, 0.25) is 0 Å². The third-order valence-corrected chi connectivity index (χ3v) is 2.47. The van der Waals surface area contributed by atoms with Gasteiger partial charge in [0.05, 0.1) is 6.04 Å². The summed E-state index contributed by atoms with van der Waals surface area (Å²) in [4.78, 5) is 10.9. The Morgan fingerprint density at radius 2 is 2.07 bits per heavy atom. The summed E-state index contributed by atoms with van der Waals surface area (Å²) in [6, 6.07) is 5.50. The van der Waals surface area contributed by atoms with Crippen molar-refractivity contribution in [2.24, 2.45) is 0 Å². The number of amides is 1. The van der Waals surface area contributed by atoms with Crippen molar-refractivity contribution in [3.63, 3.8) is 0 Å². The van der Waals surface area contributed by atoms with Crippen LogP contribution in [0.4, 0.5) is 4.79 Å². The lowest BCUT2D eigenvalue weighted by atomic mass is 10.1. The molecule has 1 amide bonds. The summed E-state index contributed by atoms with van der Waals surface area (Å²) in [5.41, 5.74) is 0.963. The molecular weight excluding hydrogens is 198 g/mol. The van der Waals surface area contributed by atoms with Gasteiger partial charge in [-0.1, -0.05) is 6.07 Å². The molecule has 1 N–H and O–H groups in total.